The van der Waals surface area contributed by atoms with Gasteiger partial charge in [0.25, 0.3) is 5.91 Å². The van der Waals surface area contributed by atoms with Crippen molar-refractivity contribution in [3.05, 3.63) is 41.2 Å². The number of carbonyl (C=O) groups excluding carboxylic acids is 1. The number of amides is 1. The Kier molecular flexibility index (Phi) is 6.93. The van der Waals surface area contributed by atoms with Crippen molar-refractivity contribution < 1.29 is 14.3 Å². The lowest BCUT2D eigenvalue weighted by Crippen LogP contribution is -2.25. The second-order valence-electron chi connectivity index (χ2n) is 5.06. The number of hydrogen-bond acceptors (Lipinski definition) is 4. The molecule has 6 nitrogen and oxygen atoms in total. The minimum atomic E-state index is -0.141. The number of aromatic nitrogens is 2. The Balaban J connectivity index is 1.87. The van der Waals surface area contributed by atoms with Crippen molar-refractivity contribution in [2.24, 2.45) is 0 Å². The number of aryl methyl sites for hydroxylation is 1. The molecule has 1 heterocycles. The van der Waals surface area contributed by atoms with Crippen LogP contribution in [0.15, 0.2) is 30.6 Å². The van der Waals surface area contributed by atoms with E-state index in [0.29, 0.717) is 48.4 Å². The highest BCUT2D eigenvalue weighted by molar-refractivity contribution is 6.30. The molecule has 0 radical (unpaired) electrons. The first-order chi connectivity index (χ1) is 11.6. The Hall–Kier alpha value is -2.21. The molecule has 1 aromatic heterocycles. The molecular weight excluding hydrogens is 330 g/mol. The lowest BCUT2D eigenvalue weighted by Gasteiger charge is -2.12. The van der Waals surface area contributed by atoms with E-state index in [1.807, 2.05) is 13.8 Å². The van der Waals surface area contributed by atoms with Crippen LogP contribution in [0.2, 0.25) is 5.02 Å². The fourth-order valence-electron chi connectivity index (χ4n) is 2.20. The van der Waals surface area contributed by atoms with Gasteiger partial charge in [-0.05, 0) is 38.5 Å². The SMILES string of the molecule is CCOc1ccc(C(=O)NCCCn2cc(Cl)cn2)cc1OCC. The Morgan fingerprint density at radius 3 is 2.67 bits per heavy atom. The number of carbonyl (C=O) groups is 1. The highest BCUT2D eigenvalue weighted by atomic mass is 35.5. The van der Waals surface area contributed by atoms with E-state index in [0.717, 1.165) is 6.42 Å². The van der Waals surface area contributed by atoms with E-state index >= 15 is 0 Å². The molecule has 0 aliphatic heterocycles. The zero-order valence-electron chi connectivity index (χ0n) is 13.9. The third kappa shape index (κ3) is 5.16. The average Bonchev–Trinajstić information content (AvgIpc) is 2.99. The monoisotopic (exact) mass is 351 g/mol. The number of hydrogen-bond donors (Lipinski definition) is 1. The van der Waals surface area contributed by atoms with Crippen LogP contribution in [0.4, 0.5) is 0 Å². The Morgan fingerprint density at radius 2 is 2.00 bits per heavy atom. The van der Waals surface area contributed by atoms with E-state index in [4.69, 9.17) is 21.1 Å². The number of nitrogens with zero attached hydrogens (tertiary/aromatic N) is 2. The maximum absolute atomic E-state index is 12.2. The summed E-state index contributed by atoms with van der Waals surface area (Å²) in [6, 6.07) is 5.20. The van der Waals surface area contributed by atoms with Crippen molar-refractivity contribution >= 4 is 17.5 Å². The summed E-state index contributed by atoms with van der Waals surface area (Å²) < 4.78 is 12.8. The Bertz CT molecular complexity index is 673. The minimum Gasteiger partial charge on any atom is -0.490 e. The number of halogens is 1. The van der Waals surface area contributed by atoms with Gasteiger partial charge >= 0.3 is 0 Å². The van der Waals surface area contributed by atoms with Crippen LogP contribution in [0.3, 0.4) is 0 Å². The highest BCUT2D eigenvalue weighted by Crippen LogP contribution is 2.28. The summed E-state index contributed by atoms with van der Waals surface area (Å²) in [5.41, 5.74) is 0.545. The molecule has 2 rings (SSSR count). The van der Waals surface area contributed by atoms with Crippen LogP contribution in [-0.2, 0) is 6.54 Å². The van der Waals surface area contributed by atoms with Gasteiger partial charge in [0.15, 0.2) is 11.5 Å². The van der Waals surface area contributed by atoms with E-state index in [9.17, 15) is 4.79 Å². The molecule has 0 bridgehead atoms. The van der Waals surface area contributed by atoms with Gasteiger partial charge in [-0.1, -0.05) is 11.6 Å². The van der Waals surface area contributed by atoms with Crippen molar-refractivity contribution in [2.45, 2.75) is 26.8 Å². The molecule has 7 heteroatoms. The predicted molar refractivity (Wildman–Crippen MR) is 93.0 cm³/mol. The number of nitrogens with one attached hydrogen (secondary N) is 1. The van der Waals surface area contributed by atoms with E-state index < -0.39 is 0 Å². The van der Waals surface area contributed by atoms with E-state index in [2.05, 4.69) is 10.4 Å². The molecule has 0 saturated heterocycles. The van der Waals surface area contributed by atoms with Crippen LogP contribution < -0.4 is 14.8 Å². The van der Waals surface area contributed by atoms with Crippen LogP contribution in [0.1, 0.15) is 30.6 Å². The molecule has 130 valence electrons. The zero-order chi connectivity index (χ0) is 17.4. The van der Waals surface area contributed by atoms with Gasteiger partial charge in [0, 0.05) is 24.8 Å². The molecule has 0 fully saturated rings. The van der Waals surface area contributed by atoms with E-state index in [1.54, 1.807) is 35.3 Å². The fraction of sp³-hybridized carbons (Fsp3) is 0.412. The second-order valence-corrected chi connectivity index (χ2v) is 5.50. The van der Waals surface area contributed by atoms with Gasteiger partial charge in [-0.25, -0.2) is 0 Å². The number of benzene rings is 1. The topological polar surface area (TPSA) is 65.4 Å². The maximum Gasteiger partial charge on any atom is 0.251 e. The molecule has 1 amide bonds. The van der Waals surface area contributed by atoms with Crippen LogP contribution in [0.25, 0.3) is 0 Å². The number of ether oxygens (including phenoxy) is 2. The van der Waals surface area contributed by atoms with Crippen LogP contribution in [0, 0.1) is 0 Å². The molecule has 24 heavy (non-hydrogen) atoms. The normalized spacial score (nSPS) is 10.5. The van der Waals surface area contributed by atoms with Crippen molar-refractivity contribution in [1.82, 2.24) is 15.1 Å². The van der Waals surface area contributed by atoms with Gasteiger partial charge in [-0.15, -0.1) is 0 Å². The summed E-state index contributed by atoms with van der Waals surface area (Å²) in [6.45, 7) is 6.10. The molecule has 2 aromatic rings. The fourth-order valence-corrected chi connectivity index (χ4v) is 2.35. The van der Waals surface area contributed by atoms with Gasteiger partial charge in [0.2, 0.25) is 0 Å². The van der Waals surface area contributed by atoms with Crippen LogP contribution >= 0.6 is 11.6 Å². The van der Waals surface area contributed by atoms with Gasteiger partial charge in [0.1, 0.15) is 0 Å². The molecule has 1 N–H and O–H groups in total. The van der Waals surface area contributed by atoms with Crippen molar-refractivity contribution in [3.8, 4) is 11.5 Å². The lowest BCUT2D eigenvalue weighted by atomic mass is 10.2. The summed E-state index contributed by atoms with van der Waals surface area (Å²) in [7, 11) is 0. The molecular formula is C17H22ClN3O3. The van der Waals surface area contributed by atoms with Gasteiger partial charge in [-0.3, -0.25) is 9.48 Å². The Morgan fingerprint density at radius 1 is 1.25 bits per heavy atom. The summed E-state index contributed by atoms with van der Waals surface area (Å²) >= 11 is 5.80. The molecule has 0 aliphatic carbocycles. The highest BCUT2D eigenvalue weighted by Gasteiger charge is 2.11. The molecule has 0 aliphatic rings. The van der Waals surface area contributed by atoms with Crippen molar-refractivity contribution in [2.75, 3.05) is 19.8 Å². The standard InChI is InChI=1S/C17H22ClN3O3/c1-3-23-15-7-6-13(10-16(15)24-4-2)17(22)19-8-5-9-21-12-14(18)11-20-21/h6-7,10-12H,3-5,8-9H2,1-2H3,(H,19,22). The van der Waals surface area contributed by atoms with Gasteiger partial charge < -0.3 is 14.8 Å². The first kappa shape index (κ1) is 18.1. The smallest absolute Gasteiger partial charge is 0.251 e. The predicted octanol–water partition coefficient (Wildman–Crippen LogP) is 3.15. The zero-order valence-corrected chi connectivity index (χ0v) is 14.7. The molecule has 0 unspecified atom stereocenters. The summed E-state index contributed by atoms with van der Waals surface area (Å²) in [5.74, 6) is 1.09. The average molecular weight is 352 g/mol. The van der Waals surface area contributed by atoms with Gasteiger partial charge in [-0.2, -0.15) is 5.10 Å². The van der Waals surface area contributed by atoms with Crippen molar-refractivity contribution in [3.63, 3.8) is 0 Å². The summed E-state index contributed by atoms with van der Waals surface area (Å²) in [6.07, 6.45) is 4.11. The molecule has 0 atom stereocenters. The van der Waals surface area contributed by atoms with Crippen molar-refractivity contribution in [1.29, 1.82) is 0 Å². The number of rotatable bonds is 9. The van der Waals surface area contributed by atoms with E-state index in [1.165, 1.54) is 0 Å². The third-order valence-electron chi connectivity index (χ3n) is 3.26. The summed E-state index contributed by atoms with van der Waals surface area (Å²) in [4.78, 5) is 12.2. The van der Waals surface area contributed by atoms with Crippen LogP contribution in [-0.4, -0.2) is 35.4 Å². The molecule has 1 aromatic carbocycles. The van der Waals surface area contributed by atoms with Crippen LogP contribution in [0.5, 0.6) is 11.5 Å². The van der Waals surface area contributed by atoms with E-state index in [-0.39, 0.29) is 5.91 Å². The molecule has 0 saturated carbocycles. The third-order valence-corrected chi connectivity index (χ3v) is 3.45. The first-order valence-electron chi connectivity index (χ1n) is 7.99. The maximum atomic E-state index is 12.2. The Labute approximate surface area is 146 Å². The largest absolute Gasteiger partial charge is 0.490 e. The minimum absolute atomic E-state index is 0.141. The summed E-state index contributed by atoms with van der Waals surface area (Å²) in [5, 5.41) is 7.59. The van der Waals surface area contributed by atoms with Gasteiger partial charge in [0.05, 0.1) is 24.4 Å². The second kappa shape index (κ2) is 9.17. The quantitative estimate of drug-likeness (QED) is 0.705. The first-order valence-corrected chi connectivity index (χ1v) is 8.37. The lowest BCUT2D eigenvalue weighted by molar-refractivity contribution is 0.0952. The molecule has 0 spiro atoms.